The molecule has 7 heteroatoms. The Morgan fingerprint density at radius 1 is 0.824 bits per heavy atom. The van der Waals surface area contributed by atoms with Gasteiger partial charge < -0.3 is 19.3 Å². The first-order valence-electron chi connectivity index (χ1n) is 11.9. The van der Waals surface area contributed by atoms with Gasteiger partial charge in [0.2, 0.25) is 0 Å². The number of hydrogen-bond acceptors (Lipinski definition) is 6. The molecule has 2 aromatic carbocycles. The summed E-state index contributed by atoms with van der Waals surface area (Å²) in [7, 11) is 0. The van der Waals surface area contributed by atoms with Crippen LogP contribution in [0.15, 0.2) is 54.6 Å². The van der Waals surface area contributed by atoms with Gasteiger partial charge in [-0.25, -0.2) is 4.98 Å². The van der Waals surface area contributed by atoms with Crippen molar-refractivity contribution in [3.8, 4) is 6.07 Å². The average molecular weight is 454 g/mol. The quantitative estimate of drug-likeness (QED) is 0.470. The van der Waals surface area contributed by atoms with E-state index in [2.05, 4.69) is 50.6 Å². The molecule has 4 heterocycles. The first-order chi connectivity index (χ1) is 16.8. The standard InChI is InChI=1S/C27H27N5O2/c28-19-22-25(30-10-14-33-15-11-30)21(18-20-6-2-1-3-7-20)27(31-12-16-34-17-13-31)32-24-9-5-4-8-23(24)29-26(22)32/h1-9H,10-18H2. The van der Waals surface area contributed by atoms with Crippen molar-refractivity contribution in [2.75, 3.05) is 62.4 Å². The molecule has 0 atom stereocenters. The summed E-state index contributed by atoms with van der Waals surface area (Å²) in [5, 5.41) is 10.5. The van der Waals surface area contributed by atoms with E-state index in [0.717, 1.165) is 60.8 Å². The fourth-order valence-corrected chi connectivity index (χ4v) is 5.21. The predicted molar refractivity (Wildman–Crippen MR) is 133 cm³/mol. The fourth-order valence-electron chi connectivity index (χ4n) is 5.21. The number of para-hydroxylation sites is 2. The molecule has 6 rings (SSSR count). The third-order valence-electron chi connectivity index (χ3n) is 6.76. The zero-order valence-electron chi connectivity index (χ0n) is 19.1. The van der Waals surface area contributed by atoms with E-state index >= 15 is 0 Å². The molecule has 0 aliphatic carbocycles. The lowest BCUT2D eigenvalue weighted by molar-refractivity contribution is 0.122. The minimum atomic E-state index is 0.640. The highest BCUT2D eigenvalue weighted by atomic mass is 16.5. The van der Waals surface area contributed by atoms with Crippen molar-refractivity contribution in [1.29, 1.82) is 5.26 Å². The van der Waals surface area contributed by atoms with Crippen molar-refractivity contribution in [2.45, 2.75) is 6.42 Å². The number of aromatic nitrogens is 2. The monoisotopic (exact) mass is 453 g/mol. The van der Waals surface area contributed by atoms with Crippen molar-refractivity contribution in [1.82, 2.24) is 9.38 Å². The fraction of sp³-hybridized carbons (Fsp3) is 0.333. The molecule has 2 aromatic heterocycles. The molecule has 2 fully saturated rings. The first-order valence-corrected chi connectivity index (χ1v) is 11.9. The van der Waals surface area contributed by atoms with E-state index in [1.807, 2.05) is 24.3 Å². The van der Waals surface area contributed by atoms with Crippen molar-refractivity contribution in [2.24, 2.45) is 0 Å². The second kappa shape index (κ2) is 8.98. The van der Waals surface area contributed by atoms with Crippen LogP contribution in [0.1, 0.15) is 16.7 Å². The molecule has 0 amide bonds. The Kier molecular flexibility index (Phi) is 5.54. The summed E-state index contributed by atoms with van der Waals surface area (Å²) >= 11 is 0. The van der Waals surface area contributed by atoms with E-state index in [0.29, 0.717) is 32.0 Å². The molecule has 0 spiro atoms. The summed E-state index contributed by atoms with van der Waals surface area (Å²) in [6.07, 6.45) is 0.733. The molecule has 2 aliphatic heterocycles. The van der Waals surface area contributed by atoms with Gasteiger partial charge in [0.1, 0.15) is 17.5 Å². The summed E-state index contributed by atoms with van der Waals surface area (Å²) in [4.78, 5) is 9.70. The van der Waals surface area contributed by atoms with E-state index in [-0.39, 0.29) is 0 Å². The van der Waals surface area contributed by atoms with E-state index < -0.39 is 0 Å². The maximum Gasteiger partial charge on any atom is 0.159 e. The summed E-state index contributed by atoms with van der Waals surface area (Å²) in [6, 6.07) is 21.2. The Labute approximate surface area is 198 Å². The van der Waals surface area contributed by atoms with Gasteiger partial charge >= 0.3 is 0 Å². The second-order valence-electron chi connectivity index (χ2n) is 8.76. The van der Waals surface area contributed by atoms with Crippen LogP contribution in [0, 0.1) is 11.3 Å². The number of imidazole rings is 1. The van der Waals surface area contributed by atoms with Gasteiger partial charge in [0, 0.05) is 38.2 Å². The largest absolute Gasteiger partial charge is 0.378 e. The van der Waals surface area contributed by atoms with Gasteiger partial charge in [-0.05, 0) is 17.7 Å². The smallest absolute Gasteiger partial charge is 0.159 e. The lowest BCUT2D eigenvalue weighted by Gasteiger charge is -2.36. The Hall–Kier alpha value is -3.60. The number of nitriles is 1. The van der Waals surface area contributed by atoms with Gasteiger partial charge in [0.15, 0.2) is 5.65 Å². The van der Waals surface area contributed by atoms with Crippen LogP contribution < -0.4 is 9.80 Å². The number of morpholine rings is 2. The Bertz CT molecular complexity index is 1360. The first kappa shape index (κ1) is 21.0. The molecule has 7 nitrogen and oxygen atoms in total. The lowest BCUT2D eigenvalue weighted by atomic mass is 9.99. The highest BCUT2D eigenvalue weighted by Crippen LogP contribution is 2.40. The van der Waals surface area contributed by atoms with Crippen molar-refractivity contribution < 1.29 is 9.47 Å². The molecule has 2 saturated heterocycles. The van der Waals surface area contributed by atoms with Crippen LogP contribution in [-0.2, 0) is 15.9 Å². The Balaban J connectivity index is 1.71. The molecule has 34 heavy (non-hydrogen) atoms. The zero-order chi connectivity index (χ0) is 22.9. The predicted octanol–water partition coefficient (Wildman–Crippen LogP) is 3.62. The van der Waals surface area contributed by atoms with E-state index in [4.69, 9.17) is 14.5 Å². The van der Waals surface area contributed by atoms with Gasteiger partial charge in [-0.3, -0.25) is 4.40 Å². The van der Waals surface area contributed by atoms with E-state index in [9.17, 15) is 5.26 Å². The highest BCUT2D eigenvalue weighted by molar-refractivity contribution is 5.90. The maximum absolute atomic E-state index is 10.5. The molecular formula is C27H27N5O2. The van der Waals surface area contributed by atoms with Crippen LogP contribution >= 0.6 is 0 Å². The molecular weight excluding hydrogens is 426 g/mol. The maximum atomic E-state index is 10.5. The minimum absolute atomic E-state index is 0.640. The normalized spacial score (nSPS) is 16.8. The topological polar surface area (TPSA) is 66.0 Å². The third-order valence-corrected chi connectivity index (χ3v) is 6.76. The number of fused-ring (bicyclic) bond motifs is 3. The van der Waals surface area contributed by atoms with Crippen LogP contribution in [0.2, 0.25) is 0 Å². The van der Waals surface area contributed by atoms with Gasteiger partial charge in [-0.1, -0.05) is 42.5 Å². The zero-order valence-corrected chi connectivity index (χ0v) is 19.1. The highest BCUT2D eigenvalue weighted by Gasteiger charge is 2.30. The average Bonchev–Trinajstić information content (AvgIpc) is 3.29. The minimum Gasteiger partial charge on any atom is -0.378 e. The Morgan fingerprint density at radius 2 is 1.47 bits per heavy atom. The molecule has 0 N–H and O–H groups in total. The molecule has 2 aliphatic rings. The summed E-state index contributed by atoms with van der Waals surface area (Å²) < 4.78 is 13.6. The third kappa shape index (κ3) is 3.56. The van der Waals surface area contributed by atoms with E-state index in [1.165, 1.54) is 11.1 Å². The Morgan fingerprint density at radius 3 is 2.18 bits per heavy atom. The lowest BCUT2D eigenvalue weighted by Crippen LogP contribution is -2.40. The number of anilines is 2. The van der Waals surface area contributed by atoms with Crippen LogP contribution in [0.4, 0.5) is 11.5 Å². The van der Waals surface area contributed by atoms with Gasteiger partial charge in [0.05, 0.1) is 43.1 Å². The summed E-state index contributed by atoms with van der Waals surface area (Å²) in [6.45, 7) is 5.81. The molecule has 172 valence electrons. The van der Waals surface area contributed by atoms with Crippen LogP contribution in [0.3, 0.4) is 0 Å². The summed E-state index contributed by atoms with van der Waals surface area (Å²) in [5.41, 5.74) is 6.68. The van der Waals surface area contributed by atoms with Gasteiger partial charge in [-0.15, -0.1) is 0 Å². The SMILES string of the molecule is N#Cc1c(N2CCOCC2)c(Cc2ccccc2)c(N2CCOCC2)n2c1nc1ccccc12. The number of ether oxygens (including phenoxy) is 2. The van der Waals surface area contributed by atoms with Crippen molar-refractivity contribution >= 4 is 28.2 Å². The van der Waals surface area contributed by atoms with Gasteiger partial charge in [0.25, 0.3) is 0 Å². The van der Waals surface area contributed by atoms with Crippen LogP contribution in [-0.4, -0.2) is 62.0 Å². The number of rotatable bonds is 4. The summed E-state index contributed by atoms with van der Waals surface area (Å²) in [5.74, 6) is 1.12. The number of nitrogens with zero attached hydrogens (tertiary/aromatic N) is 5. The molecule has 0 bridgehead atoms. The van der Waals surface area contributed by atoms with Crippen molar-refractivity contribution in [3.63, 3.8) is 0 Å². The van der Waals surface area contributed by atoms with E-state index in [1.54, 1.807) is 0 Å². The molecule has 0 radical (unpaired) electrons. The van der Waals surface area contributed by atoms with Crippen molar-refractivity contribution in [3.05, 3.63) is 71.3 Å². The number of hydrogen-bond donors (Lipinski definition) is 0. The van der Waals surface area contributed by atoms with Gasteiger partial charge in [-0.2, -0.15) is 5.26 Å². The molecule has 4 aromatic rings. The number of pyridine rings is 1. The second-order valence-corrected chi connectivity index (χ2v) is 8.76. The molecule has 0 unspecified atom stereocenters. The van der Waals surface area contributed by atoms with Crippen LogP contribution in [0.25, 0.3) is 16.7 Å². The number of benzene rings is 2. The van der Waals surface area contributed by atoms with Crippen LogP contribution in [0.5, 0.6) is 0 Å². The molecule has 0 saturated carbocycles.